The lowest BCUT2D eigenvalue weighted by atomic mass is 9.94. The van der Waals surface area contributed by atoms with Gasteiger partial charge in [-0.05, 0) is 52.3 Å². The number of piperidine rings is 1. The minimum absolute atomic E-state index is 0.0367. The molecule has 2 rings (SSSR count). The van der Waals surface area contributed by atoms with Crippen LogP contribution in [-0.2, 0) is 11.3 Å². The van der Waals surface area contributed by atoms with Crippen LogP contribution in [0.15, 0.2) is 24.3 Å². The van der Waals surface area contributed by atoms with Gasteiger partial charge >= 0.3 is 0 Å². The summed E-state index contributed by atoms with van der Waals surface area (Å²) >= 11 is 0. The van der Waals surface area contributed by atoms with Gasteiger partial charge in [-0.25, -0.2) is 0 Å². The van der Waals surface area contributed by atoms with Crippen molar-refractivity contribution in [3.05, 3.63) is 35.4 Å². The van der Waals surface area contributed by atoms with Crippen molar-refractivity contribution < 1.29 is 9.90 Å². The van der Waals surface area contributed by atoms with E-state index in [-0.39, 0.29) is 18.4 Å². The molecule has 1 saturated heterocycles. The van der Waals surface area contributed by atoms with E-state index >= 15 is 0 Å². The number of hydrogen-bond acceptors (Lipinski definition) is 3. The second-order valence-corrected chi connectivity index (χ2v) is 7.07. The van der Waals surface area contributed by atoms with Crippen LogP contribution in [0.5, 0.6) is 0 Å². The number of nitrogens with zero attached hydrogens (tertiary/aromatic N) is 1. The first-order valence-electron chi connectivity index (χ1n) is 8.10. The molecule has 1 amide bonds. The highest BCUT2D eigenvalue weighted by Crippen LogP contribution is 2.20. The highest BCUT2D eigenvalue weighted by atomic mass is 16.3. The van der Waals surface area contributed by atoms with Gasteiger partial charge in [-0.2, -0.15) is 0 Å². The fourth-order valence-electron chi connectivity index (χ4n) is 2.78. The standard InChI is InChI=1S/C18H28N2O2/c1-14-4-6-15(7-5-14)12-20-10-8-16(9-11-20)17(22)19-18(2,3)13-21/h4-7,16,21H,8-13H2,1-3H3,(H,19,22). The predicted molar refractivity (Wildman–Crippen MR) is 88.5 cm³/mol. The number of benzene rings is 1. The largest absolute Gasteiger partial charge is 0.394 e. The van der Waals surface area contributed by atoms with E-state index in [1.54, 1.807) is 0 Å². The number of carbonyl (C=O) groups excluding carboxylic acids is 1. The molecule has 0 bridgehead atoms. The van der Waals surface area contributed by atoms with Gasteiger partial charge in [0.2, 0.25) is 5.91 Å². The molecule has 122 valence electrons. The molecule has 1 aliphatic rings. The molecule has 1 fully saturated rings. The Morgan fingerprint density at radius 1 is 1.27 bits per heavy atom. The molecule has 1 heterocycles. The highest BCUT2D eigenvalue weighted by Gasteiger charge is 2.28. The fourth-order valence-corrected chi connectivity index (χ4v) is 2.78. The van der Waals surface area contributed by atoms with Crippen LogP contribution in [-0.4, -0.2) is 41.1 Å². The van der Waals surface area contributed by atoms with Gasteiger partial charge in [-0.15, -0.1) is 0 Å². The van der Waals surface area contributed by atoms with E-state index in [2.05, 4.69) is 41.4 Å². The lowest BCUT2D eigenvalue weighted by molar-refractivity contribution is -0.128. The molecule has 0 saturated carbocycles. The number of carbonyl (C=O) groups is 1. The molecule has 1 aliphatic heterocycles. The molecule has 4 nitrogen and oxygen atoms in total. The van der Waals surface area contributed by atoms with Crippen molar-refractivity contribution in [3.63, 3.8) is 0 Å². The second-order valence-electron chi connectivity index (χ2n) is 7.07. The number of aryl methyl sites for hydroxylation is 1. The van der Waals surface area contributed by atoms with Crippen LogP contribution in [0.2, 0.25) is 0 Å². The summed E-state index contributed by atoms with van der Waals surface area (Å²) in [7, 11) is 0. The van der Waals surface area contributed by atoms with Crippen molar-refractivity contribution in [1.82, 2.24) is 10.2 Å². The molecule has 0 radical (unpaired) electrons. The molecule has 22 heavy (non-hydrogen) atoms. The Balaban J connectivity index is 1.80. The van der Waals surface area contributed by atoms with Crippen LogP contribution >= 0.6 is 0 Å². The SMILES string of the molecule is Cc1ccc(CN2CCC(C(=O)NC(C)(C)CO)CC2)cc1. The van der Waals surface area contributed by atoms with E-state index in [0.29, 0.717) is 0 Å². The smallest absolute Gasteiger partial charge is 0.223 e. The molecular weight excluding hydrogens is 276 g/mol. The van der Waals surface area contributed by atoms with Gasteiger partial charge in [0.15, 0.2) is 0 Å². The van der Waals surface area contributed by atoms with E-state index in [0.717, 1.165) is 32.5 Å². The van der Waals surface area contributed by atoms with Crippen LogP contribution in [0.3, 0.4) is 0 Å². The van der Waals surface area contributed by atoms with Crippen molar-refractivity contribution >= 4 is 5.91 Å². The molecule has 4 heteroatoms. The van der Waals surface area contributed by atoms with Gasteiger partial charge in [-0.3, -0.25) is 9.69 Å². The predicted octanol–water partition coefficient (Wildman–Crippen LogP) is 2.09. The summed E-state index contributed by atoms with van der Waals surface area (Å²) in [4.78, 5) is 14.6. The number of rotatable bonds is 5. The van der Waals surface area contributed by atoms with Gasteiger partial charge in [0.1, 0.15) is 0 Å². The summed E-state index contributed by atoms with van der Waals surface area (Å²) in [6, 6.07) is 8.65. The molecule has 1 aromatic carbocycles. The maximum absolute atomic E-state index is 12.2. The summed E-state index contributed by atoms with van der Waals surface area (Å²) in [5, 5.41) is 12.2. The molecule has 1 aromatic rings. The third kappa shape index (κ3) is 4.82. The summed E-state index contributed by atoms with van der Waals surface area (Å²) in [5.74, 6) is 0.147. The van der Waals surface area contributed by atoms with Crippen molar-refractivity contribution in [2.45, 2.75) is 45.7 Å². The van der Waals surface area contributed by atoms with Crippen molar-refractivity contribution in [3.8, 4) is 0 Å². The quantitative estimate of drug-likeness (QED) is 0.876. The minimum atomic E-state index is -0.532. The lowest BCUT2D eigenvalue weighted by Gasteiger charge is -2.33. The maximum Gasteiger partial charge on any atom is 0.223 e. The summed E-state index contributed by atoms with van der Waals surface area (Å²) in [6.45, 7) is 8.61. The Kier molecular flexibility index (Phi) is 5.59. The Morgan fingerprint density at radius 3 is 2.41 bits per heavy atom. The number of likely N-dealkylation sites (tertiary alicyclic amines) is 1. The third-order valence-electron chi connectivity index (χ3n) is 4.34. The van der Waals surface area contributed by atoms with Crippen LogP contribution in [0.25, 0.3) is 0 Å². The first-order valence-corrected chi connectivity index (χ1v) is 8.10. The molecule has 2 N–H and O–H groups in total. The number of amides is 1. The van der Waals surface area contributed by atoms with Crippen LogP contribution < -0.4 is 5.32 Å². The average molecular weight is 304 g/mol. The minimum Gasteiger partial charge on any atom is -0.394 e. The van der Waals surface area contributed by atoms with E-state index < -0.39 is 5.54 Å². The first kappa shape index (κ1) is 17.0. The number of nitrogens with one attached hydrogen (secondary N) is 1. The highest BCUT2D eigenvalue weighted by molar-refractivity contribution is 5.79. The summed E-state index contributed by atoms with van der Waals surface area (Å²) in [5.41, 5.74) is 2.08. The molecule has 0 spiro atoms. The normalized spacial score (nSPS) is 17.5. The fraction of sp³-hybridized carbons (Fsp3) is 0.611. The van der Waals surface area contributed by atoms with Crippen LogP contribution in [0, 0.1) is 12.8 Å². The van der Waals surface area contributed by atoms with Crippen molar-refractivity contribution in [1.29, 1.82) is 0 Å². The van der Waals surface area contributed by atoms with E-state index in [4.69, 9.17) is 0 Å². The zero-order valence-electron chi connectivity index (χ0n) is 13.9. The Bertz CT molecular complexity index is 488. The van der Waals surface area contributed by atoms with Gasteiger partial charge in [0, 0.05) is 12.5 Å². The average Bonchev–Trinajstić information content (AvgIpc) is 2.50. The van der Waals surface area contributed by atoms with Crippen molar-refractivity contribution in [2.24, 2.45) is 5.92 Å². The van der Waals surface area contributed by atoms with E-state index in [9.17, 15) is 9.90 Å². The maximum atomic E-state index is 12.2. The Morgan fingerprint density at radius 2 is 1.86 bits per heavy atom. The lowest BCUT2D eigenvalue weighted by Crippen LogP contribution is -2.50. The van der Waals surface area contributed by atoms with Gasteiger partial charge in [0.25, 0.3) is 0 Å². The second kappa shape index (κ2) is 7.25. The molecule has 0 aliphatic carbocycles. The molecular formula is C18H28N2O2. The number of aliphatic hydroxyl groups is 1. The third-order valence-corrected chi connectivity index (χ3v) is 4.34. The van der Waals surface area contributed by atoms with E-state index in [1.165, 1.54) is 11.1 Å². The summed E-state index contributed by atoms with van der Waals surface area (Å²) in [6.07, 6.45) is 1.78. The Labute approximate surface area is 133 Å². The number of hydrogen-bond donors (Lipinski definition) is 2. The van der Waals surface area contributed by atoms with Gasteiger partial charge in [0.05, 0.1) is 12.1 Å². The summed E-state index contributed by atoms with van der Waals surface area (Å²) < 4.78 is 0. The Hall–Kier alpha value is -1.39. The van der Waals surface area contributed by atoms with E-state index in [1.807, 2.05) is 13.8 Å². The van der Waals surface area contributed by atoms with Gasteiger partial charge < -0.3 is 10.4 Å². The first-order chi connectivity index (χ1) is 10.4. The molecule has 0 unspecified atom stereocenters. The topological polar surface area (TPSA) is 52.6 Å². The zero-order valence-corrected chi connectivity index (χ0v) is 13.9. The monoisotopic (exact) mass is 304 g/mol. The zero-order chi connectivity index (χ0) is 16.2. The van der Waals surface area contributed by atoms with Crippen LogP contribution in [0.4, 0.5) is 0 Å². The van der Waals surface area contributed by atoms with Crippen LogP contribution in [0.1, 0.15) is 37.8 Å². The van der Waals surface area contributed by atoms with Crippen molar-refractivity contribution in [2.75, 3.05) is 19.7 Å². The van der Waals surface area contributed by atoms with Gasteiger partial charge in [-0.1, -0.05) is 29.8 Å². The number of aliphatic hydroxyl groups excluding tert-OH is 1. The molecule has 0 aromatic heterocycles. The molecule has 0 atom stereocenters.